The van der Waals surface area contributed by atoms with Gasteiger partial charge in [-0.25, -0.2) is 0 Å². The lowest BCUT2D eigenvalue weighted by molar-refractivity contribution is -0.116. The van der Waals surface area contributed by atoms with Crippen LogP contribution in [0.25, 0.3) is 0 Å². The molecule has 0 aromatic heterocycles. The first-order chi connectivity index (χ1) is 10.6. The van der Waals surface area contributed by atoms with Crippen molar-refractivity contribution in [3.05, 3.63) is 77.9 Å². The van der Waals surface area contributed by atoms with E-state index in [9.17, 15) is 9.59 Å². The number of amides is 1. The second-order valence-electron chi connectivity index (χ2n) is 5.25. The van der Waals surface area contributed by atoms with Crippen LogP contribution in [-0.2, 0) is 22.4 Å². The van der Waals surface area contributed by atoms with Crippen molar-refractivity contribution in [3.8, 4) is 0 Å². The number of Topliss-reactive ketones (excluding diaryl/α,β-unsaturated/α-hetero) is 1. The summed E-state index contributed by atoms with van der Waals surface area (Å²) in [5, 5.41) is 2.88. The van der Waals surface area contributed by atoms with E-state index in [0.717, 1.165) is 11.1 Å². The van der Waals surface area contributed by atoms with E-state index in [1.165, 1.54) is 0 Å². The summed E-state index contributed by atoms with van der Waals surface area (Å²) in [6.45, 7) is 5.35. The Hall–Kier alpha value is -2.68. The first kappa shape index (κ1) is 15.7. The van der Waals surface area contributed by atoms with Gasteiger partial charge in [-0.3, -0.25) is 9.59 Å². The summed E-state index contributed by atoms with van der Waals surface area (Å²) in [5.74, 6) is -0.119. The van der Waals surface area contributed by atoms with Gasteiger partial charge < -0.3 is 5.32 Å². The molecular formula is C19H19NO2. The molecule has 2 aromatic carbocycles. The van der Waals surface area contributed by atoms with E-state index in [1.807, 2.05) is 54.6 Å². The van der Waals surface area contributed by atoms with Gasteiger partial charge in [-0.1, -0.05) is 55.1 Å². The number of benzene rings is 2. The summed E-state index contributed by atoms with van der Waals surface area (Å²) in [6, 6.07) is 16.9. The number of anilines is 1. The molecule has 0 radical (unpaired) electrons. The zero-order chi connectivity index (χ0) is 15.9. The predicted octanol–water partition coefficient (Wildman–Crippen LogP) is 3.56. The number of hydrogen-bond donors (Lipinski definition) is 1. The Balaban J connectivity index is 2.07. The van der Waals surface area contributed by atoms with Gasteiger partial charge in [0.2, 0.25) is 5.91 Å². The topological polar surface area (TPSA) is 46.2 Å². The van der Waals surface area contributed by atoms with Crippen LogP contribution in [0.5, 0.6) is 0 Å². The molecule has 1 N–H and O–H groups in total. The molecule has 3 nitrogen and oxygen atoms in total. The average Bonchev–Trinajstić information content (AvgIpc) is 2.50. The summed E-state index contributed by atoms with van der Waals surface area (Å²) >= 11 is 0. The molecule has 0 aliphatic heterocycles. The third-order valence-corrected chi connectivity index (χ3v) is 3.33. The van der Waals surface area contributed by atoms with Crippen molar-refractivity contribution in [1.82, 2.24) is 0 Å². The van der Waals surface area contributed by atoms with Gasteiger partial charge in [0.15, 0.2) is 5.78 Å². The van der Waals surface area contributed by atoms with E-state index in [4.69, 9.17) is 0 Å². The molecule has 0 unspecified atom stereocenters. The molecule has 0 atom stereocenters. The standard InChI is InChI=1S/C19H19NO2/c1-14(2)18(21)13-16-10-6-7-11-17(16)20-19(22)12-15-8-4-3-5-9-15/h3-11H,1,12-13H2,2H3,(H,20,22). The molecular weight excluding hydrogens is 274 g/mol. The highest BCUT2D eigenvalue weighted by Gasteiger charge is 2.11. The minimum absolute atomic E-state index is 0.0234. The fourth-order valence-corrected chi connectivity index (χ4v) is 2.10. The number of carbonyl (C=O) groups is 2. The van der Waals surface area contributed by atoms with Gasteiger partial charge in [-0.2, -0.15) is 0 Å². The van der Waals surface area contributed by atoms with E-state index in [-0.39, 0.29) is 18.1 Å². The van der Waals surface area contributed by atoms with Gasteiger partial charge in [0.05, 0.1) is 6.42 Å². The monoisotopic (exact) mass is 293 g/mol. The highest BCUT2D eigenvalue weighted by molar-refractivity contribution is 5.98. The normalized spacial score (nSPS) is 10.0. The molecule has 0 spiro atoms. The minimum Gasteiger partial charge on any atom is -0.326 e. The van der Waals surface area contributed by atoms with Crippen LogP contribution in [0.1, 0.15) is 18.1 Å². The lowest BCUT2D eigenvalue weighted by Gasteiger charge is -2.11. The minimum atomic E-state index is -0.0959. The summed E-state index contributed by atoms with van der Waals surface area (Å²) < 4.78 is 0. The quantitative estimate of drug-likeness (QED) is 0.828. The smallest absolute Gasteiger partial charge is 0.228 e. The summed E-state index contributed by atoms with van der Waals surface area (Å²) in [5.41, 5.74) is 2.95. The largest absolute Gasteiger partial charge is 0.326 e. The molecule has 0 saturated carbocycles. The highest BCUT2D eigenvalue weighted by atomic mass is 16.1. The van der Waals surface area contributed by atoms with Gasteiger partial charge in [0.1, 0.15) is 0 Å². The predicted molar refractivity (Wildman–Crippen MR) is 88.7 cm³/mol. The van der Waals surface area contributed by atoms with Crippen molar-refractivity contribution in [1.29, 1.82) is 0 Å². The molecule has 0 heterocycles. The van der Waals surface area contributed by atoms with Gasteiger partial charge in [-0.05, 0) is 29.7 Å². The van der Waals surface area contributed by atoms with Crippen LogP contribution in [0.4, 0.5) is 5.69 Å². The van der Waals surface area contributed by atoms with Crippen LogP contribution in [0.2, 0.25) is 0 Å². The van der Waals surface area contributed by atoms with Crippen molar-refractivity contribution in [2.45, 2.75) is 19.8 Å². The zero-order valence-corrected chi connectivity index (χ0v) is 12.6. The van der Waals surface area contributed by atoms with Crippen LogP contribution >= 0.6 is 0 Å². The van der Waals surface area contributed by atoms with Gasteiger partial charge in [-0.15, -0.1) is 0 Å². The van der Waals surface area contributed by atoms with Crippen LogP contribution < -0.4 is 5.32 Å². The van der Waals surface area contributed by atoms with Crippen molar-refractivity contribution in [3.63, 3.8) is 0 Å². The number of hydrogen-bond acceptors (Lipinski definition) is 2. The van der Waals surface area contributed by atoms with Gasteiger partial charge in [0, 0.05) is 12.1 Å². The first-order valence-corrected chi connectivity index (χ1v) is 7.16. The van der Waals surface area contributed by atoms with Crippen molar-refractivity contribution < 1.29 is 9.59 Å². The molecule has 3 heteroatoms. The number of ketones is 1. The molecule has 0 bridgehead atoms. The molecule has 0 saturated heterocycles. The van der Waals surface area contributed by atoms with Gasteiger partial charge >= 0.3 is 0 Å². The number of allylic oxidation sites excluding steroid dienone is 1. The van der Waals surface area contributed by atoms with Crippen molar-refractivity contribution >= 4 is 17.4 Å². The van der Waals surface area contributed by atoms with Crippen molar-refractivity contribution in [2.75, 3.05) is 5.32 Å². The third-order valence-electron chi connectivity index (χ3n) is 3.33. The van der Waals surface area contributed by atoms with E-state index >= 15 is 0 Å². The van der Waals surface area contributed by atoms with E-state index in [1.54, 1.807) is 6.92 Å². The zero-order valence-electron chi connectivity index (χ0n) is 12.6. The Bertz CT molecular complexity index is 690. The number of nitrogens with one attached hydrogen (secondary N) is 1. The number of carbonyl (C=O) groups excluding carboxylic acids is 2. The Labute approximate surface area is 130 Å². The van der Waals surface area contributed by atoms with Crippen LogP contribution in [-0.4, -0.2) is 11.7 Å². The Kier molecular flexibility index (Phi) is 5.26. The molecule has 112 valence electrons. The Morgan fingerprint density at radius 3 is 2.27 bits per heavy atom. The van der Waals surface area contributed by atoms with Crippen LogP contribution in [0.3, 0.4) is 0 Å². The Morgan fingerprint density at radius 2 is 1.59 bits per heavy atom. The molecule has 1 amide bonds. The SMILES string of the molecule is C=C(C)C(=O)Cc1ccccc1NC(=O)Cc1ccccc1. The van der Waals surface area contributed by atoms with E-state index in [2.05, 4.69) is 11.9 Å². The summed E-state index contributed by atoms with van der Waals surface area (Å²) in [6.07, 6.45) is 0.556. The van der Waals surface area contributed by atoms with Crippen LogP contribution in [0, 0.1) is 0 Å². The molecule has 22 heavy (non-hydrogen) atoms. The summed E-state index contributed by atoms with van der Waals surface area (Å²) in [7, 11) is 0. The van der Waals surface area contributed by atoms with Crippen molar-refractivity contribution in [2.24, 2.45) is 0 Å². The molecule has 0 aliphatic rings. The van der Waals surface area contributed by atoms with Crippen LogP contribution in [0.15, 0.2) is 66.7 Å². The fourth-order valence-electron chi connectivity index (χ4n) is 2.10. The number of rotatable bonds is 6. The Morgan fingerprint density at radius 1 is 0.955 bits per heavy atom. The van der Waals surface area contributed by atoms with Gasteiger partial charge in [0.25, 0.3) is 0 Å². The molecule has 0 fully saturated rings. The second kappa shape index (κ2) is 7.36. The average molecular weight is 293 g/mol. The highest BCUT2D eigenvalue weighted by Crippen LogP contribution is 2.17. The first-order valence-electron chi connectivity index (χ1n) is 7.16. The summed E-state index contributed by atoms with van der Waals surface area (Å²) in [4.78, 5) is 24.0. The maximum atomic E-state index is 12.1. The maximum Gasteiger partial charge on any atom is 0.228 e. The maximum absolute atomic E-state index is 12.1. The van der Waals surface area contributed by atoms with E-state index in [0.29, 0.717) is 17.7 Å². The molecule has 2 rings (SSSR count). The fraction of sp³-hybridized carbons (Fsp3) is 0.158. The molecule has 0 aliphatic carbocycles. The molecule has 2 aromatic rings. The third kappa shape index (κ3) is 4.42. The lowest BCUT2D eigenvalue weighted by atomic mass is 10.0. The second-order valence-corrected chi connectivity index (χ2v) is 5.25. The lowest BCUT2D eigenvalue weighted by Crippen LogP contribution is -2.16. The number of para-hydroxylation sites is 1. The van der Waals surface area contributed by atoms with E-state index < -0.39 is 0 Å².